The number of carbonyl (C=O) groups is 1. The summed E-state index contributed by atoms with van der Waals surface area (Å²) in [6.07, 6.45) is 1.73. The molecule has 0 spiro atoms. The van der Waals surface area contributed by atoms with E-state index in [-0.39, 0.29) is 12.2 Å². The number of ether oxygens (including phenoxy) is 1. The molecule has 1 atom stereocenters. The van der Waals surface area contributed by atoms with Crippen LogP contribution in [0, 0.1) is 0 Å². The Morgan fingerprint density at radius 1 is 1.21 bits per heavy atom. The molecule has 2 aromatic heterocycles. The molecule has 1 aliphatic rings. The van der Waals surface area contributed by atoms with Gasteiger partial charge in [0.05, 0.1) is 32.9 Å². The van der Waals surface area contributed by atoms with Crippen LogP contribution in [0.1, 0.15) is 56.5 Å². The maximum absolute atomic E-state index is 13.8. The normalized spacial score (nSPS) is 15.4. The van der Waals surface area contributed by atoms with Gasteiger partial charge < -0.3 is 9.15 Å². The Morgan fingerprint density at radius 3 is 2.59 bits per heavy atom. The van der Waals surface area contributed by atoms with Crippen molar-refractivity contribution in [1.82, 2.24) is 4.57 Å². The Bertz CT molecular complexity index is 1730. The maximum Gasteiger partial charge on any atom is 0.338 e. The molecule has 9 heteroatoms. The molecule has 0 radical (unpaired) electrons. The molecule has 4 aromatic rings. The van der Waals surface area contributed by atoms with E-state index in [1.54, 1.807) is 24.5 Å². The van der Waals surface area contributed by atoms with Gasteiger partial charge in [0.15, 0.2) is 9.89 Å². The van der Waals surface area contributed by atoms with E-state index in [0.717, 1.165) is 14.9 Å². The van der Waals surface area contributed by atoms with Crippen molar-refractivity contribution in [1.29, 1.82) is 0 Å². The zero-order valence-corrected chi connectivity index (χ0v) is 25.2. The number of aromatic nitrogens is 1. The third-order valence-corrected chi connectivity index (χ3v) is 9.17. The van der Waals surface area contributed by atoms with Gasteiger partial charge in [-0.15, -0.1) is 0 Å². The second-order valence-electron chi connectivity index (χ2n) is 9.32. The molecule has 0 aliphatic carbocycles. The second-order valence-corrected chi connectivity index (χ2v) is 12.2. The molecule has 3 heterocycles. The number of allylic oxidation sites excluding steroid dienone is 1. The van der Waals surface area contributed by atoms with Gasteiger partial charge in [0.2, 0.25) is 0 Å². The smallest absolute Gasteiger partial charge is 0.338 e. The lowest BCUT2D eigenvalue weighted by Gasteiger charge is -2.25. The number of furan rings is 1. The van der Waals surface area contributed by atoms with Gasteiger partial charge in [-0.05, 0) is 65.0 Å². The van der Waals surface area contributed by atoms with E-state index in [1.807, 2.05) is 60.7 Å². The number of nitrogens with zero attached hydrogens (tertiary/aromatic N) is 2. The Kier molecular flexibility index (Phi) is 8.11. The van der Waals surface area contributed by atoms with E-state index < -0.39 is 12.0 Å². The highest BCUT2D eigenvalue weighted by Gasteiger charge is 2.33. The van der Waals surface area contributed by atoms with Gasteiger partial charge in [-0.1, -0.05) is 79.4 Å². The fourth-order valence-corrected chi connectivity index (χ4v) is 6.78. The highest BCUT2D eigenvalue weighted by Crippen LogP contribution is 2.36. The number of hydrogen-bond acceptors (Lipinski definition) is 7. The van der Waals surface area contributed by atoms with Crippen LogP contribution in [0.15, 0.2) is 101 Å². The Balaban J connectivity index is 1.61. The molecule has 2 aromatic carbocycles. The van der Waals surface area contributed by atoms with E-state index in [9.17, 15) is 9.59 Å². The van der Waals surface area contributed by atoms with Crippen molar-refractivity contribution in [2.75, 3.05) is 6.61 Å². The molecule has 0 unspecified atom stereocenters. The number of rotatable bonds is 7. The first kappa shape index (κ1) is 27.4. The molecular formula is C30H27BrN2O4S2. The van der Waals surface area contributed by atoms with Crippen LogP contribution >= 0.6 is 39.0 Å². The molecule has 0 bridgehead atoms. The highest BCUT2D eigenvalue weighted by molar-refractivity contribution is 9.10. The van der Waals surface area contributed by atoms with Crippen LogP contribution in [0.5, 0.6) is 0 Å². The Hall–Kier alpha value is -3.14. The monoisotopic (exact) mass is 622 g/mol. The van der Waals surface area contributed by atoms with Gasteiger partial charge in [0.25, 0.3) is 5.56 Å². The Morgan fingerprint density at radius 2 is 1.92 bits per heavy atom. The molecule has 0 saturated carbocycles. The summed E-state index contributed by atoms with van der Waals surface area (Å²) in [5, 5.41) is 0.698. The summed E-state index contributed by atoms with van der Waals surface area (Å²) in [5.74, 6) is 0.439. The SMILES string of the molecule is CCOC(=O)C1=C(C)N=c2s/c(=C/c3cc(Br)c(Sc4ccccc4)o3)c(=O)n2[C@@H]1c1ccc(C(C)C)cc1. The second kappa shape index (κ2) is 11.5. The topological polar surface area (TPSA) is 73.8 Å². The van der Waals surface area contributed by atoms with Crippen LogP contribution in [0.2, 0.25) is 0 Å². The van der Waals surface area contributed by atoms with Crippen LogP contribution in [-0.4, -0.2) is 17.1 Å². The fraction of sp³-hybridized carbons (Fsp3) is 0.233. The van der Waals surface area contributed by atoms with Crippen LogP contribution in [0.4, 0.5) is 0 Å². The first-order valence-electron chi connectivity index (χ1n) is 12.6. The average Bonchev–Trinajstić information content (AvgIpc) is 3.41. The fourth-order valence-electron chi connectivity index (χ4n) is 4.40. The third kappa shape index (κ3) is 5.62. The molecule has 0 saturated heterocycles. The quantitative estimate of drug-likeness (QED) is 0.222. The van der Waals surface area contributed by atoms with E-state index in [1.165, 1.54) is 28.7 Å². The largest absolute Gasteiger partial charge is 0.463 e. The van der Waals surface area contributed by atoms with Crippen molar-refractivity contribution in [2.45, 2.75) is 49.6 Å². The number of benzene rings is 2. The molecule has 1 aliphatic heterocycles. The summed E-state index contributed by atoms with van der Waals surface area (Å²) in [6, 6.07) is 19.2. The lowest BCUT2D eigenvalue weighted by Crippen LogP contribution is -2.39. The van der Waals surface area contributed by atoms with Crippen LogP contribution < -0.4 is 14.9 Å². The van der Waals surface area contributed by atoms with Gasteiger partial charge in [0.1, 0.15) is 5.76 Å². The van der Waals surface area contributed by atoms with E-state index in [2.05, 4.69) is 34.8 Å². The molecule has 6 nitrogen and oxygen atoms in total. The third-order valence-electron chi connectivity index (χ3n) is 6.34. The average molecular weight is 624 g/mol. The number of halogens is 1. The predicted molar refractivity (Wildman–Crippen MR) is 158 cm³/mol. The summed E-state index contributed by atoms with van der Waals surface area (Å²) in [7, 11) is 0. The summed E-state index contributed by atoms with van der Waals surface area (Å²) in [5.41, 5.74) is 2.68. The number of thiazole rings is 1. The first-order chi connectivity index (χ1) is 18.8. The lowest BCUT2D eigenvalue weighted by molar-refractivity contribution is -0.139. The number of fused-ring (bicyclic) bond motifs is 1. The van der Waals surface area contributed by atoms with Crippen LogP contribution in [-0.2, 0) is 9.53 Å². The van der Waals surface area contributed by atoms with Gasteiger partial charge in [0, 0.05) is 11.0 Å². The molecule has 0 amide bonds. The Labute approximate surface area is 242 Å². The van der Waals surface area contributed by atoms with E-state index in [0.29, 0.717) is 37.4 Å². The highest BCUT2D eigenvalue weighted by atomic mass is 79.9. The lowest BCUT2D eigenvalue weighted by atomic mass is 9.93. The molecule has 200 valence electrons. The number of carbonyl (C=O) groups excluding carboxylic acids is 1. The van der Waals surface area contributed by atoms with Crippen molar-refractivity contribution in [3.63, 3.8) is 0 Å². The van der Waals surface area contributed by atoms with Gasteiger partial charge >= 0.3 is 5.97 Å². The van der Waals surface area contributed by atoms with Gasteiger partial charge in [-0.2, -0.15) is 0 Å². The first-order valence-corrected chi connectivity index (χ1v) is 15.0. The molecular weight excluding hydrogens is 596 g/mol. The number of esters is 1. The standard InChI is InChI=1S/C30H27BrN2O4S2/c1-5-36-28(35)25-18(4)32-30-33(26(25)20-13-11-19(12-14-20)17(2)3)27(34)24(39-30)16-21-15-23(31)29(37-21)38-22-9-7-6-8-10-22/h6-17,26H,5H2,1-4H3/b24-16+/t26-/m1/s1. The zero-order valence-electron chi connectivity index (χ0n) is 21.9. The van der Waals surface area contributed by atoms with E-state index in [4.69, 9.17) is 9.15 Å². The van der Waals surface area contributed by atoms with Crippen molar-refractivity contribution < 1.29 is 13.9 Å². The van der Waals surface area contributed by atoms with Crippen LogP contribution in [0.25, 0.3) is 6.08 Å². The zero-order chi connectivity index (χ0) is 27.7. The molecule has 5 rings (SSSR count). The van der Waals surface area contributed by atoms with Crippen molar-refractivity contribution in [2.24, 2.45) is 4.99 Å². The predicted octanol–water partition coefficient (Wildman–Crippen LogP) is 6.43. The van der Waals surface area contributed by atoms with E-state index >= 15 is 0 Å². The minimum absolute atomic E-state index is 0.232. The molecule has 0 fully saturated rings. The minimum atomic E-state index is -0.642. The maximum atomic E-state index is 13.8. The molecule has 0 N–H and O–H groups in total. The van der Waals surface area contributed by atoms with Crippen LogP contribution in [0.3, 0.4) is 0 Å². The van der Waals surface area contributed by atoms with Crippen molar-refractivity contribution in [3.05, 3.63) is 113 Å². The van der Waals surface area contributed by atoms with Gasteiger partial charge in [-0.3, -0.25) is 9.36 Å². The van der Waals surface area contributed by atoms with Crippen molar-refractivity contribution in [3.8, 4) is 0 Å². The summed E-state index contributed by atoms with van der Waals surface area (Å²) in [6.45, 7) is 8.04. The molecule has 39 heavy (non-hydrogen) atoms. The van der Waals surface area contributed by atoms with Gasteiger partial charge in [-0.25, -0.2) is 9.79 Å². The summed E-state index contributed by atoms with van der Waals surface area (Å²) >= 11 is 6.34. The summed E-state index contributed by atoms with van der Waals surface area (Å²) < 4.78 is 14.3. The number of hydrogen-bond donors (Lipinski definition) is 0. The van der Waals surface area contributed by atoms with Crippen molar-refractivity contribution >= 4 is 51.1 Å². The summed E-state index contributed by atoms with van der Waals surface area (Å²) in [4.78, 5) is 33.2. The minimum Gasteiger partial charge on any atom is -0.463 e.